The summed E-state index contributed by atoms with van der Waals surface area (Å²) in [6.07, 6.45) is 0.229. The standard InChI is InChI=1S/C14H21N3O2/c1-15-8-9-17(2)11-14(19)16-13(18)10-12-6-4-3-5-7-12/h3-7,15H,8-11H2,1-2H3,(H,16,18,19). The highest BCUT2D eigenvalue weighted by atomic mass is 16.2. The summed E-state index contributed by atoms with van der Waals surface area (Å²) in [6, 6.07) is 9.36. The van der Waals surface area contributed by atoms with Gasteiger partial charge in [0.05, 0.1) is 13.0 Å². The maximum Gasteiger partial charge on any atom is 0.240 e. The first kappa shape index (κ1) is 15.3. The molecule has 0 aliphatic rings. The number of carbonyl (C=O) groups excluding carboxylic acids is 2. The minimum atomic E-state index is -0.266. The third-order valence-electron chi connectivity index (χ3n) is 2.64. The summed E-state index contributed by atoms with van der Waals surface area (Å²) in [4.78, 5) is 25.1. The Labute approximate surface area is 114 Å². The number of nitrogens with one attached hydrogen (secondary N) is 2. The van der Waals surface area contributed by atoms with Crippen molar-refractivity contribution < 1.29 is 9.59 Å². The molecule has 104 valence electrons. The first-order chi connectivity index (χ1) is 9.11. The number of imide groups is 1. The van der Waals surface area contributed by atoms with E-state index in [4.69, 9.17) is 0 Å². The molecule has 5 heteroatoms. The molecule has 0 aliphatic heterocycles. The maximum absolute atomic E-state index is 11.7. The van der Waals surface area contributed by atoms with Crippen molar-refractivity contribution in [3.63, 3.8) is 0 Å². The molecule has 2 amide bonds. The fourth-order valence-corrected chi connectivity index (χ4v) is 1.65. The van der Waals surface area contributed by atoms with E-state index in [9.17, 15) is 9.59 Å². The first-order valence-corrected chi connectivity index (χ1v) is 6.31. The molecule has 0 aliphatic carbocycles. The van der Waals surface area contributed by atoms with Gasteiger partial charge in [0.1, 0.15) is 0 Å². The van der Waals surface area contributed by atoms with Crippen molar-refractivity contribution in [2.75, 3.05) is 33.7 Å². The Hall–Kier alpha value is -1.72. The molecule has 0 unspecified atom stereocenters. The molecule has 0 aromatic heterocycles. The lowest BCUT2D eigenvalue weighted by molar-refractivity contribution is -0.130. The smallest absolute Gasteiger partial charge is 0.240 e. The van der Waals surface area contributed by atoms with Gasteiger partial charge in [0.15, 0.2) is 0 Å². The molecule has 0 bridgehead atoms. The SMILES string of the molecule is CNCCN(C)CC(=O)NC(=O)Cc1ccccc1. The van der Waals surface area contributed by atoms with Crippen LogP contribution in [0, 0.1) is 0 Å². The fraction of sp³-hybridized carbons (Fsp3) is 0.429. The lowest BCUT2D eigenvalue weighted by Crippen LogP contribution is -2.40. The number of benzene rings is 1. The topological polar surface area (TPSA) is 61.4 Å². The van der Waals surface area contributed by atoms with Gasteiger partial charge in [-0.3, -0.25) is 19.8 Å². The molecule has 0 atom stereocenters. The van der Waals surface area contributed by atoms with Gasteiger partial charge in [0, 0.05) is 13.1 Å². The Morgan fingerprint density at radius 3 is 2.47 bits per heavy atom. The van der Waals surface area contributed by atoms with E-state index in [1.807, 2.05) is 49.3 Å². The number of rotatable bonds is 7. The van der Waals surface area contributed by atoms with Gasteiger partial charge in [0.25, 0.3) is 0 Å². The summed E-state index contributed by atoms with van der Waals surface area (Å²) >= 11 is 0. The van der Waals surface area contributed by atoms with Crippen LogP contribution < -0.4 is 10.6 Å². The first-order valence-electron chi connectivity index (χ1n) is 6.31. The number of hydrogen-bond acceptors (Lipinski definition) is 4. The molecule has 0 saturated heterocycles. The molecule has 0 saturated carbocycles. The fourth-order valence-electron chi connectivity index (χ4n) is 1.65. The van der Waals surface area contributed by atoms with E-state index in [2.05, 4.69) is 10.6 Å². The summed E-state index contributed by atoms with van der Waals surface area (Å²) < 4.78 is 0. The Bertz CT molecular complexity index is 406. The van der Waals surface area contributed by atoms with Gasteiger partial charge in [-0.2, -0.15) is 0 Å². The van der Waals surface area contributed by atoms with Crippen molar-refractivity contribution >= 4 is 11.8 Å². The number of hydrogen-bond donors (Lipinski definition) is 2. The molecule has 1 rings (SSSR count). The molecule has 0 radical (unpaired) electrons. The van der Waals surface area contributed by atoms with E-state index >= 15 is 0 Å². The second kappa shape index (κ2) is 8.39. The van der Waals surface area contributed by atoms with Crippen LogP contribution in [0.15, 0.2) is 30.3 Å². The quantitative estimate of drug-likeness (QED) is 0.728. The van der Waals surface area contributed by atoms with Crippen molar-refractivity contribution in [3.8, 4) is 0 Å². The van der Waals surface area contributed by atoms with E-state index in [1.165, 1.54) is 0 Å². The lowest BCUT2D eigenvalue weighted by atomic mass is 10.1. The van der Waals surface area contributed by atoms with Crippen LogP contribution >= 0.6 is 0 Å². The predicted molar refractivity (Wildman–Crippen MR) is 74.7 cm³/mol. The minimum absolute atomic E-state index is 0.224. The number of amides is 2. The average molecular weight is 263 g/mol. The highest BCUT2D eigenvalue weighted by molar-refractivity contribution is 5.96. The minimum Gasteiger partial charge on any atom is -0.318 e. The van der Waals surface area contributed by atoms with Gasteiger partial charge in [-0.05, 0) is 19.7 Å². The van der Waals surface area contributed by atoms with Crippen LogP contribution in [0.4, 0.5) is 0 Å². The second-order valence-electron chi connectivity index (χ2n) is 4.48. The largest absolute Gasteiger partial charge is 0.318 e. The molecular weight excluding hydrogens is 242 g/mol. The van der Waals surface area contributed by atoms with Gasteiger partial charge < -0.3 is 5.32 Å². The van der Waals surface area contributed by atoms with E-state index in [-0.39, 0.29) is 24.8 Å². The van der Waals surface area contributed by atoms with Crippen LogP contribution in [-0.4, -0.2) is 50.4 Å². The predicted octanol–water partition coefficient (Wildman–Crippen LogP) is 0.0231. The number of likely N-dealkylation sites (N-methyl/N-ethyl adjacent to an activating group) is 2. The van der Waals surface area contributed by atoms with Crippen molar-refractivity contribution in [2.24, 2.45) is 0 Å². The zero-order valence-electron chi connectivity index (χ0n) is 11.5. The van der Waals surface area contributed by atoms with Crippen molar-refractivity contribution in [1.82, 2.24) is 15.5 Å². The van der Waals surface area contributed by atoms with Gasteiger partial charge >= 0.3 is 0 Å². The van der Waals surface area contributed by atoms with E-state index < -0.39 is 0 Å². The van der Waals surface area contributed by atoms with Crippen LogP contribution in [0.5, 0.6) is 0 Å². The molecule has 1 aromatic carbocycles. The molecule has 0 fully saturated rings. The molecule has 2 N–H and O–H groups in total. The highest BCUT2D eigenvalue weighted by Gasteiger charge is 2.10. The molecule has 1 aromatic rings. The summed E-state index contributed by atoms with van der Waals surface area (Å²) in [5.41, 5.74) is 0.899. The van der Waals surface area contributed by atoms with Crippen molar-refractivity contribution in [1.29, 1.82) is 0 Å². The highest BCUT2D eigenvalue weighted by Crippen LogP contribution is 1.99. The van der Waals surface area contributed by atoms with Crippen LogP contribution in [0.2, 0.25) is 0 Å². The Kier molecular flexibility index (Phi) is 6.78. The molecule has 0 heterocycles. The summed E-state index contributed by atoms with van der Waals surface area (Å²) in [6.45, 7) is 1.79. The second-order valence-corrected chi connectivity index (χ2v) is 4.48. The summed E-state index contributed by atoms with van der Waals surface area (Å²) in [5, 5.41) is 5.40. The van der Waals surface area contributed by atoms with Gasteiger partial charge in [0.2, 0.25) is 11.8 Å². The zero-order chi connectivity index (χ0) is 14.1. The molecule has 0 spiro atoms. The van der Waals surface area contributed by atoms with E-state index in [1.54, 1.807) is 0 Å². The van der Waals surface area contributed by atoms with Gasteiger partial charge in [-0.1, -0.05) is 30.3 Å². The van der Waals surface area contributed by atoms with E-state index in [0.717, 1.165) is 18.7 Å². The number of nitrogens with zero attached hydrogens (tertiary/aromatic N) is 1. The van der Waals surface area contributed by atoms with Gasteiger partial charge in [-0.25, -0.2) is 0 Å². The summed E-state index contributed by atoms with van der Waals surface area (Å²) in [5.74, 6) is -0.530. The average Bonchev–Trinajstić information content (AvgIpc) is 2.37. The van der Waals surface area contributed by atoms with Gasteiger partial charge in [-0.15, -0.1) is 0 Å². The summed E-state index contributed by atoms with van der Waals surface area (Å²) in [7, 11) is 3.70. The molecular formula is C14H21N3O2. The van der Waals surface area contributed by atoms with Crippen molar-refractivity contribution in [2.45, 2.75) is 6.42 Å². The lowest BCUT2D eigenvalue weighted by Gasteiger charge is -2.15. The Morgan fingerprint density at radius 1 is 1.16 bits per heavy atom. The van der Waals surface area contributed by atoms with Crippen LogP contribution in [-0.2, 0) is 16.0 Å². The third kappa shape index (κ3) is 6.69. The van der Waals surface area contributed by atoms with Crippen LogP contribution in [0.3, 0.4) is 0 Å². The van der Waals surface area contributed by atoms with Crippen LogP contribution in [0.1, 0.15) is 5.56 Å². The van der Waals surface area contributed by atoms with Crippen LogP contribution in [0.25, 0.3) is 0 Å². The van der Waals surface area contributed by atoms with Crippen molar-refractivity contribution in [3.05, 3.63) is 35.9 Å². The Balaban J connectivity index is 2.30. The Morgan fingerprint density at radius 2 is 1.84 bits per heavy atom. The van der Waals surface area contributed by atoms with E-state index in [0.29, 0.717) is 0 Å². The zero-order valence-corrected chi connectivity index (χ0v) is 11.5. The third-order valence-corrected chi connectivity index (χ3v) is 2.64. The molecule has 19 heavy (non-hydrogen) atoms. The number of carbonyl (C=O) groups is 2. The molecule has 5 nitrogen and oxygen atoms in total. The monoisotopic (exact) mass is 263 g/mol. The normalized spacial score (nSPS) is 10.5. The maximum atomic E-state index is 11.7.